The minimum Gasteiger partial charge on any atom is -0.491 e. The zero-order valence-corrected chi connectivity index (χ0v) is 11.7. The van der Waals surface area contributed by atoms with Crippen LogP contribution >= 0.6 is 0 Å². The van der Waals surface area contributed by atoms with Crippen LogP contribution in [0.2, 0.25) is 0 Å². The van der Waals surface area contributed by atoms with Crippen LogP contribution < -0.4 is 4.74 Å². The summed E-state index contributed by atoms with van der Waals surface area (Å²) >= 11 is 0. The number of hydrogen-bond donors (Lipinski definition) is 0. The van der Waals surface area contributed by atoms with E-state index < -0.39 is 0 Å². The molecule has 1 aliphatic rings. The summed E-state index contributed by atoms with van der Waals surface area (Å²) in [6.07, 6.45) is 4.48. The summed E-state index contributed by atoms with van der Waals surface area (Å²) in [7, 11) is 0. The predicted octanol–water partition coefficient (Wildman–Crippen LogP) is 2.66. The van der Waals surface area contributed by atoms with Gasteiger partial charge in [0.1, 0.15) is 12.4 Å². The van der Waals surface area contributed by atoms with Crippen molar-refractivity contribution in [2.24, 2.45) is 0 Å². The van der Waals surface area contributed by atoms with Crippen molar-refractivity contribution in [3.8, 4) is 17.2 Å². The zero-order chi connectivity index (χ0) is 14.3. The van der Waals surface area contributed by atoms with Gasteiger partial charge in [0.25, 0.3) is 0 Å². The first-order valence-corrected chi connectivity index (χ1v) is 7.14. The van der Waals surface area contributed by atoms with Crippen LogP contribution in [-0.4, -0.2) is 36.3 Å². The second kappa shape index (κ2) is 7.19. The first-order chi connectivity index (χ1) is 10.4. The SMILES string of the molecule is c1cc(OCCO[C@@H]2CCCCO2)cc(-c2nnco2)c1. The quantitative estimate of drug-likeness (QED) is 0.762. The van der Waals surface area contributed by atoms with Crippen LogP contribution in [-0.2, 0) is 9.47 Å². The normalized spacial score (nSPS) is 18.6. The number of benzene rings is 1. The van der Waals surface area contributed by atoms with Gasteiger partial charge in [-0.1, -0.05) is 6.07 Å². The van der Waals surface area contributed by atoms with Crippen LogP contribution in [0.25, 0.3) is 11.5 Å². The molecule has 1 aromatic carbocycles. The topological polar surface area (TPSA) is 66.6 Å². The third kappa shape index (κ3) is 4.03. The van der Waals surface area contributed by atoms with E-state index in [0.29, 0.717) is 19.1 Å². The number of rotatable bonds is 6. The Morgan fingerprint density at radius 2 is 2.24 bits per heavy atom. The molecule has 3 rings (SSSR count). The number of hydrogen-bond acceptors (Lipinski definition) is 6. The highest BCUT2D eigenvalue weighted by Gasteiger charge is 2.13. The minimum absolute atomic E-state index is 0.0768. The van der Waals surface area contributed by atoms with Gasteiger partial charge in [0.15, 0.2) is 6.29 Å². The fourth-order valence-corrected chi connectivity index (χ4v) is 2.20. The number of nitrogens with zero attached hydrogens (tertiary/aromatic N) is 2. The Balaban J connectivity index is 1.46. The van der Waals surface area contributed by atoms with Gasteiger partial charge in [-0.15, -0.1) is 10.2 Å². The van der Waals surface area contributed by atoms with Gasteiger partial charge in [0.2, 0.25) is 12.3 Å². The van der Waals surface area contributed by atoms with Crippen LogP contribution in [0.3, 0.4) is 0 Å². The molecule has 1 atom stereocenters. The summed E-state index contributed by atoms with van der Waals surface area (Å²) in [4.78, 5) is 0. The Kier molecular flexibility index (Phi) is 4.81. The van der Waals surface area contributed by atoms with E-state index in [4.69, 9.17) is 18.6 Å². The fraction of sp³-hybridized carbons (Fsp3) is 0.467. The van der Waals surface area contributed by atoms with Crippen molar-refractivity contribution >= 4 is 0 Å². The molecule has 0 spiro atoms. The molecule has 112 valence electrons. The Labute approximate surface area is 123 Å². The fourth-order valence-electron chi connectivity index (χ4n) is 2.20. The summed E-state index contributed by atoms with van der Waals surface area (Å²) in [5.74, 6) is 1.23. The average molecular weight is 290 g/mol. The zero-order valence-electron chi connectivity index (χ0n) is 11.7. The van der Waals surface area contributed by atoms with Crippen molar-refractivity contribution in [1.29, 1.82) is 0 Å². The summed E-state index contributed by atoms with van der Waals surface area (Å²) in [5, 5.41) is 7.54. The van der Waals surface area contributed by atoms with E-state index in [1.165, 1.54) is 6.39 Å². The van der Waals surface area contributed by atoms with Crippen molar-refractivity contribution < 1.29 is 18.6 Å². The standard InChI is InChI=1S/C15H18N2O4/c1-2-7-19-14(6-1)20-9-8-18-13-5-3-4-12(10-13)15-17-16-11-21-15/h3-5,10-11,14H,1-2,6-9H2/t14-/m1/s1. The van der Waals surface area contributed by atoms with Crippen LogP contribution in [0.15, 0.2) is 35.1 Å². The minimum atomic E-state index is -0.0768. The molecule has 0 bridgehead atoms. The second-order valence-electron chi connectivity index (χ2n) is 4.79. The molecule has 2 aromatic rings. The molecule has 0 amide bonds. The lowest BCUT2D eigenvalue weighted by atomic mass is 10.2. The van der Waals surface area contributed by atoms with Gasteiger partial charge in [-0.2, -0.15) is 0 Å². The predicted molar refractivity (Wildman–Crippen MR) is 74.8 cm³/mol. The molecule has 1 aliphatic heterocycles. The van der Waals surface area contributed by atoms with E-state index in [1.807, 2.05) is 24.3 Å². The number of ether oxygens (including phenoxy) is 3. The molecule has 0 radical (unpaired) electrons. The van der Waals surface area contributed by atoms with Crippen molar-refractivity contribution in [1.82, 2.24) is 10.2 Å². The largest absolute Gasteiger partial charge is 0.491 e. The third-order valence-electron chi connectivity index (χ3n) is 3.23. The van der Waals surface area contributed by atoms with Crippen LogP contribution in [0.4, 0.5) is 0 Å². The molecule has 1 fully saturated rings. The molecule has 0 unspecified atom stereocenters. The Morgan fingerprint density at radius 1 is 1.24 bits per heavy atom. The molecule has 21 heavy (non-hydrogen) atoms. The van der Waals surface area contributed by atoms with Crippen molar-refractivity contribution in [2.75, 3.05) is 19.8 Å². The van der Waals surface area contributed by atoms with E-state index in [2.05, 4.69) is 10.2 Å². The lowest BCUT2D eigenvalue weighted by molar-refractivity contribution is -0.165. The lowest BCUT2D eigenvalue weighted by Gasteiger charge is -2.22. The third-order valence-corrected chi connectivity index (χ3v) is 3.23. The molecular weight excluding hydrogens is 272 g/mol. The van der Waals surface area contributed by atoms with E-state index in [0.717, 1.165) is 37.2 Å². The second-order valence-corrected chi connectivity index (χ2v) is 4.79. The van der Waals surface area contributed by atoms with Gasteiger partial charge < -0.3 is 18.6 Å². The molecule has 0 N–H and O–H groups in total. The van der Waals surface area contributed by atoms with Gasteiger partial charge >= 0.3 is 0 Å². The summed E-state index contributed by atoms with van der Waals surface area (Å²) < 4.78 is 21.9. The average Bonchev–Trinajstić information content (AvgIpc) is 3.07. The van der Waals surface area contributed by atoms with E-state index in [9.17, 15) is 0 Å². The number of aromatic nitrogens is 2. The molecule has 2 heterocycles. The van der Waals surface area contributed by atoms with Crippen LogP contribution in [0, 0.1) is 0 Å². The first-order valence-electron chi connectivity index (χ1n) is 7.14. The highest BCUT2D eigenvalue weighted by molar-refractivity contribution is 5.55. The smallest absolute Gasteiger partial charge is 0.247 e. The molecular formula is C15H18N2O4. The Bertz CT molecular complexity index is 538. The molecule has 6 heteroatoms. The molecule has 1 aromatic heterocycles. The molecule has 1 saturated heterocycles. The highest BCUT2D eigenvalue weighted by atomic mass is 16.7. The van der Waals surface area contributed by atoms with Gasteiger partial charge in [-0.05, 0) is 37.5 Å². The van der Waals surface area contributed by atoms with E-state index in [1.54, 1.807) is 0 Å². The first kappa shape index (κ1) is 14.0. The molecule has 6 nitrogen and oxygen atoms in total. The van der Waals surface area contributed by atoms with Crippen molar-refractivity contribution in [3.63, 3.8) is 0 Å². The van der Waals surface area contributed by atoms with E-state index in [-0.39, 0.29) is 6.29 Å². The summed E-state index contributed by atoms with van der Waals surface area (Å²) in [5.41, 5.74) is 0.835. The van der Waals surface area contributed by atoms with Gasteiger partial charge in [-0.3, -0.25) is 0 Å². The monoisotopic (exact) mass is 290 g/mol. The molecule has 0 aliphatic carbocycles. The summed E-state index contributed by atoms with van der Waals surface area (Å²) in [6.45, 7) is 1.78. The Hall–Kier alpha value is -1.92. The van der Waals surface area contributed by atoms with Crippen LogP contribution in [0.1, 0.15) is 19.3 Å². The lowest BCUT2D eigenvalue weighted by Crippen LogP contribution is -2.24. The van der Waals surface area contributed by atoms with Gasteiger partial charge in [0.05, 0.1) is 6.61 Å². The maximum atomic E-state index is 5.67. The van der Waals surface area contributed by atoms with Crippen molar-refractivity contribution in [3.05, 3.63) is 30.7 Å². The Morgan fingerprint density at radius 3 is 3.05 bits per heavy atom. The van der Waals surface area contributed by atoms with Gasteiger partial charge in [-0.25, -0.2) is 0 Å². The highest BCUT2D eigenvalue weighted by Crippen LogP contribution is 2.21. The van der Waals surface area contributed by atoms with Gasteiger partial charge in [0, 0.05) is 12.2 Å². The summed E-state index contributed by atoms with van der Waals surface area (Å²) in [6, 6.07) is 7.54. The maximum Gasteiger partial charge on any atom is 0.247 e. The van der Waals surface area contributed by atoms with Crippen molar-refractivity contribution in [2.45, 2.75) is 25.6 Å². The van der Waals surface area contributed by atoms with Crippen LogP contribution in [0.5, 0.6) is 5.75 Å². The maximum absolute atomic E-state index is 5.67. The molecule has 0 saturated carbocycles. The van der Waals surface area contributed by atoms with E-state index >= 15 is 0 Å².